The molecule has 0 atom stereocenters. The number of carbonyl (C=O) groups is 2. The first-order valence-corrected chi connectivity index (χ1v) is 10.7. The van der Waals surface area contributed by atoms with Crippen LogP contribution >= 0.6 is 0 Å². The van der Waals surface area contributed by atoms with E-state index in [0.29, 0.717) is 11.3 Å². The van der Waals surface area contributed by atoms with Gasteiger partial charge in [0, 0.05) is 19.8 Å². The summed E-state index contributed by atoms with van der Waals surface area (Å²) in [4.78, 5) is 24.3. The van der Waals surface area contributed by atoms with E-state index < -0.39 is 21.9 Å². The largest absolute Gasteiger partial charge is 0.478 e. The molecule has 9 nitrogen and oxygen atoms in total. The second-order valence-corrected chi connectivity index (χ2v) is 9.05. The summed E-state index contributed by atoms with van der Waals surface area (Å²) in [5.41, 5.74) is 1.93. The molecule has 162 valence electrons. The fourth-order valence-electron chi connectivity index (χ4n) is 3.03. The van der Waals surface area contributed by atoms with Crippen molar-refractivity contribution in [2.45, 2.75) is 18.7 Å². The summed E-state index contributed by atoms with van der Waals surface area (Å²) >= 11 is 0. The molecular formula is C21H22N4O5S. The van der Waals surface area contributed by atoms with Crippen LogP contribution in [0.5, 0.6) is 0 Å². The number of amides is 1. The van der Waals surface area contributed by atoms with Gasteiger partial charge < -0.3 is 10.4 Å². The lowest BCUT2D eigenvalue weighted by Gasteiger charge is -2.21. The summed E-state index contributed by atoms with van der Waals surface area (Å²) in [6.45, 7) is 3.57. The number of hydrogen-bond donors (Lipinski definition) is 2. The quantitative estimate of drug-likeness (QED) is 0.605. The molecular weight excluding hydrogens is 420 g/mol. The van der Waals surface area contributed by atoms with Gasteiger partial charge in [0.1, 0.15) is 5.56 Å². The van der Waals surface area contributed by atoms with E-state index in [1.165, 1.54) is 49.2 Å². The second kappa shape index (κ2) is 8.23. The molecule has 2 N–H and O–H groups in total. The van der Waals surface area contributed by atoms with E-state index in [2.05, 4.69) is 10.4 Å². The lowest BCUT2D eigenvalue weighted by Crippen LogP contribution is -2.30. The highest BCUT2D eigenvalue weighted by molar-refractivity contribution is 7.92. The smallest absolute Gasteiger partial charge is 0.335 e. The molecule has 0 saturated heterocycles. The van der Waals surface area contributed by atoms with Crippen molar-refractivity contribution in [1.29, 1.82) is 0 Å². The third kappa shape index (κ3) is 4.29. The summed E-state index contributed by atoms with van der Waals surface area (Å²) in [6, 6.07) is 10.7. The summed E-state index contributed by atoms with van der Waals surface area (Å²) in [5, 5.41) is 15.9. The zero-order chi connectivity index (χ0) is 22.9. The van der Waals surface area contributed by atoms with E-state index in [1.807, 2.05) is 6.92 Å². The van der Waals surface area contributed by atoms with Gasteiger partial charge in [-0.15, -0.1) is 0 Å². The van der Waals surface area contributed by atoms with Crippen LogP contribution in [-0.2, 0) is 17.1 Å². The standard InChI is InChI=1S/C21H22N4O5S/c1-13-5-9-16(10-6-13)31(29,30)25(4)20-17(12-22-24(20)3)19(26)23-18-11-15(21(27)28)8-7-14(18)2/h5-12H,1-4H3,(H,23,26)(H,27,28). The van der Waals surface area contributed by atoms with Crippen molar-refractivity contribution in [2.24, 2.45) is 7.05 Å². The predicted octanol–water partition coefficient (Wildman–Crippen LogP) is 2.81. The molecule has 0 spiro atoms. The molecule has 1 aromatic heterocycles. The van der Waals surface area contributed by atoms with Gasteiger partial charge in [0.05, 0.1) is 16.7 Å². The molecule has 0 radical (unpaired) electrons. The van der Waals surface area contributed by atoms with Crippen molar-refractivity contribution < 1.29 is 23.1 Å². The number of aryl methyl sites for hydroxylation is 3. The SMILES string of the molecule is Cc1ccc(S(=O)(=O)N(C)c2c(C(=O)Nc3cc(C(=O)O)ccc3C)cnn2C)cc1. The van der Waals surface area contributed by atoms with Gasteiger partial charge in [0.25, 0.3) is 15.9 Å². The zero-order valence-electron chi connectivity index (χ0n) is 17.4. The van der Waals surface area contributed by atoms with Crippen molar-refractivity contribution in [2.75, 3.05) is 16.7 Å². The Hall–Kier alpha value is -3.66. The maximum Gasteiger partial charge on any atom is 0.335 e. The number of carboxylic acid groups (broad SMARTS) is 1. The van der Waals surface area contributed by atoms with Crippen LogP contribution in [0.2, 0.25) is 0 Å². The molecule has 0 fully saturated rings. The third-order valence-electron chi connectivity index (χ3n) is 4.86. The van der Waals surface area contributed by atoms with Crippen molar-refractivity contribution in [3.63, 3.8) is 0 Å². The summed E-state index contributed by atoms with van der Waals surface area (Å²) < 4.78 is 28.5. The molecule has 0 bridgehead atoms. The van der Waals surface area contributed by atoms with Crippen LogP contribution in [-0.4, -0.2) is 42.2 Å². The number of nitrogens with one attached hydrogen (secondary N) is 1. The Labute approximate surface area is 180 Å². The maximum absolute atomic E-state index is 13.1. The fraction of sp³-hybridized carbons (Fsp3) is 0.190. The third-order valence-corrected chi connectivity index (χ3v) is 6.62. The Balaban J connectivity index is 1.97. The van der Waals surface area contributed by atoms with Crippen LogP contribution in [0.15, 0.2) is 53.6 Å². The molecule has 0 aliphatic rings. The van der Waals surface area contributed by atoms with Crippen LogP contribution in [0.3, 0.4) is 0 Å². The van der Waals surface area contributed by atoms with Gasteiger partial charge in [-0.2, -0.15) is 5.10 Å². The minimum atomic E-state index is -3.94. The van der Waals surface area contributed by atoms with E-state index in [1.54, 1.807) is 25.1 Å². The number of hydrogen-bond acceptors (Lipinski definition) is 5. The van der Waals surface area contributed by atoms with Crippen LogP contribution in [0, 0.1) is 13.8 Å². The Morgan fingerprint density at radius 2 is 1.74 bits per heavy atom. The molecule has 2 aromatic carbocycles. The number of rotatable bonds is 6. The minimum Gasteiger partial charge on any atom is -0.478 e. The van der Waals surface area contributed by atoms with Gasteiger partial charge >= 0.3 is 5.97 Å². The highest BCUT2D eigenvalue weighted by atomic mass is 32.2. The summed E-state index contributed by atoms with van der Waals surface area (Å²) in [5.74, 6) is -1.66. The normalized spacial score (nSPS) is 11.2. The van der Waals surface area contributed by atoms with E-state index in [-0.39, 0.29) is 21.8 Å². The minimum absolute atomic E-state index is 0.0198. The number of carbonyl (C=O) groups excluding carboxylic acids is 1. The van der Waals surface area contributed by atoms with E-state index in [9.17, 15) is 23.1 Å². The molecule has 31 heavy (non-hydrogen) atoms. The lowest BCUT2D eigenvalue weighted by atomic mass is 10.1. The lowest BCUT2D eigenvalue weighted by molar-refractivity contribution is 0.0696. The summed E-state index contributed by atoms with van der Waals surface area (Å²) in [6.07, 6.45) is 1.27. The fourth-order valence-corrected chi connectivity index (χ4v) is 4.27. The zero-order valence-corrected chi connectivity index (χ0v) is 18.3. The Bertz CT molecular complexity index is 1260. The number of benzene rings is 2. The number of anilines is 2. The van der Waals surface area contributed by atoms with E-state index in [0.717, 1.165) is 9.87 Å². The van der Waals surface area contributed by atoms with E-state index in [4.69, 9.17) is 0 Å². The molecule has 1 amide bonds. The Morgan fingerprint density at radius 3 is 2.35 bits per heavy atom. The summed E-state index contributed by atoms with van der Waals surface area (Å²) in [7, 11) is -1.06. The molecule has 1 heterocycles. The van der Waals surface area contributed by atoms with Crippen molar-refractivity contribution >= 4 is 33.4 Å². The number of aromatic nitrogens is 2. The molecule has 0 aliphatic carbocycles. The van der Waals surface area contributed by atoms with E-state index >= 15 is 0 Å². The number of aromatic carboxylic acids is 1. The van der Waals surface area contributed by atoms with Crippen LogP contribution in [0.1, 0.15) is 31.8 Å². The molecule has 10 heteroatoms. The van der Waals surface area contributed by atoms with Crippen molar-refractivity contribution in [3.8, 4) is 0 Å². The highest BCUT2D eigenvalue weighted by Gasteiger charge is 2.28. The van der Waals surface area contributed by atoms with Gasteiger partial charge in [0.2, 0.25) is 0 Å². The van der Waals surface area contributed by atoms with Crippen LogP contribution < -0.4 is 9.62 Å². The average Bonchev–Trinajstić information content (AvgIpc) is 3.10. The maximum atomic E-state index is 13.1. The highest BCUT2D eigenvalue weighted by Crippen LogP contribution is 2.27. The first-order chi connectivity index (χ1) is 14.5. The van der Waals surface area contributed by atoms with Gasteiger partial charge in [-0.05, 0) is 43.7 Å². The molecule has 0 unspecified atom stereocenters. The first kappa shape index (κ1) is 22.0. The van der Waals surface area contributed by atoms with Crippen LogP contribution in [0.4, 0.5) is 11.5 Å². The number of sulfonamides is 1. The average molecular weight is 442 g/mol. The van der Waals surface area contributed by atoms with Gasteiger partial charge in [-0.25, -0.2) is 13.2 Å². The molecule has 0 aliphatic heterocycles. The van der Waals surface area contributed by atoms with Crippen molar-refractivity contribution in [1.82, 2.24) is 9.78 Å². The monoisotopic (exact) mass is 442 g/mol. The molecule has 3 aromatic rings. The molecule has 0 saturated carbocycles. The van der Waals surface area contributed by atoms with Gasteiger partial charge in [0.15, 0.2) is 5.82 Å². The number of carboxylic acids is 1. The Morgan fingerprint density at radius 1 is 1.10 bits per heavy atom. The first-order valence-electron chi connectivity index (χ1n) is 9.25. The Kier molecular flexibility index (Phi) is 5.85. The van der Waals surface area contributed by atoms with Crippen LogP contribution in [0.25, 0.3) is 0 Å². The number of nitrogens with zero attached hydrogens (tertiary/aromatic N) is 3. The predicted molar refractivity (Wildman–Crippen MR) is 116 cm³/mol. The second-order valence-electron chi connectivity index (χ2n) is 7.08. The molecule has 3 rings (SSSR count). The van der Waals surface area contributed by atoms with Gasteiger partial charge in [-0.3, -0.25) is 13.8 Å². The van der Waals surface area contributed by atoms with Crippen molar-refractivity contribution in [3.05, 3.63) is 70.9 Å². The topological polar surface area (TPSA) is 122 Å². The van der Waals surface area contributed by atoms with Gasteiger partial charge in [-0.1, -0.05) is 23.8 Å².